The van der Waals surface area contributed by atoms with E-state index in [1.54, 1.807) is 0 Å². The molecule has 3 N–H and O–H groups in total. The summed E-state index contributed by atoms with van der Waals surface area (Å²) in [5, 5.41) is 25.1. The first-order valence-corrected chi connectivity index (χ1v) is 15.7. The Morgan fingerprint density at radius 2 is 1.80 bits per heavy atom. The molecule has 2 aromatic rings. The number of thiazole rings is 1. The van der Waals surface area contributed by atoms with Crippen molar-refractivity contribution in [3.05, 3.63) is 46.0 Å². The fraction of sp³-hybridized carbons (Fsp3) is 0.656. The molecule has 2 heterocycles. The number of aromatic nitrogens is 1. The van der Waals surface area contributed by atoms with Gasteiger partial charge in [0.25, 0.3) is 5.91 Å². The van der Waals surface area contributed by atoms with E-state index in [2.05, 4.69) is 33.0 Å². The molecule has 3 aliphatic rings. The molecule has 7 nitrogen and oxygen atoms in total. The van der Waals surface area contributed by atoms with Crippen LogP contribution in [0.25, 0.3) is 0 Å². The molecule has 40 heavy (non-hydrogen) atoms. The summed E-state index contributed by atoms with van der Waals surface area (Å²) in [7, 11) is 0. The maximum absolute atomic E-state index is 13.6. The van der Waals surface area contributed by atoms with Crippen molar-refractivity contribution in [1.29, 1.82) is 0 Å². The van der Waals surface area contributed by atoms with Gasteiger partial charge in [-0.3, -0.25) is 14.9 Å². The number of nitrogens with zero attached hydrogens (tertiary/aromatic N) is 2. The van der Waals surface area contributed by atoms with E-state index in [4.69, 9.17) is 4.98 Å². The molecule has 2 aliphatic carbocycles. The molecule has 1 saturated heterocycles. The molecule has 1 aromatic carbocycles. The predicted octanol–water partition coefficient (Wildman–Crippen LogP) is 5.51. The average Bonchev–Trinajstić information content (AvgIpc) is 3.34. The highest BCUT2D eigenvalue weighted by molar-refractivity contribution is 7.15. The third-order valence-electron chi connectivity index (χ3n) is 10.2. The highest BCUT2D eigenvalue weighted by Gasteiger charge is 2.59. The van der Waals surface area contributed by atoms with Crippen molar-refractivity contribution in [2.24, 2.45) is 16.7 Å². The molecule has 0 unspecified atom stereocenters. The van der Waals surface area contributed by atoms with Gasteiger partial charge in [-0.2, -0.15) is 0 Å². The highest BCUT2D eigenvalue weighted by atomic mass is 32.1. The molecule has 1 saturated carbocycles. The van der Waals surface area contributed by atoms with Gasteiger partial charge in [-0.15, -0.1) is 11.3 Å². The Kier molecular flexibility index (Phi) is 7.92. The molecule has 2 amide bonds. The van der Waals surface area contributed by atoms with Crippen LogP contribution < -0.4 is 5.32 Å². The number of aliphatic hydroxyl groups is 2. The summed E-state index contributed by atoms with van der Waals surface area (Å²) in [4.78, 5) is 34.8. The van der Waals surface area contributed by atoms with Gasteiger partial charge in [-0.25, -0.2) is 4.98 Å². The van der Waals surface area contributed by atoms with Crippen molar-refractivity contribution in [2.75, 3.05) is 25.0 Å². The molecule has 0 spiro atoms. The standard InChI is InChI=1S/C32H45N3O4S/c1-30(2,3)21-11-9-20(10-12-21)28(39)34-29-33-27-22(17-26(38)35-15-7-6-8-16-35)31(4)14-13-25(37)32(5,19-36)24(31)18-23(27)40-29/h9-12,22,24-25,36-37H,6-8,13-19H2,1-5H3,(H,33,34,39)/t22-,24+,25-,31+,32+/m1/s1. The van der Waals surface area contributed by atoms with Gasteiger partial charge in [0.2, 0.25) is 5.91 Å². The normalized spacial score (nSPS) is 30.4. The Bertz CT molecular complexity index is 1250. The molecule has 218 valence electrons. The van der Waals surface area contributed by atoms with E-state index < -0.39 is 11.5 Å². The lowest BCUT2D eigenvalue weighted by Crippen LogP contribution is -2.57. The number of piperidine rings is 1. The molecule has 0 radical (unpaired) electrons. The van der Waals surface area contributed by atoms with Crippen molar-refractivity contribution in [2.45, 2.75) is 97.0 Å². The molecule has 1 aliphatic heterocycles. The van der Waals surface area contributed by atoms with Crippen LogP contribution in [0.2, 0.25) is 0 Å². The van der Waals surface area contributed by atoms with Crippen LogP contribution in [0.4, 0.5) is 5.13 Å². The number of likely N-dealkylation sites (tertiary alicyclic amines) is 1. The zero-order valence-electron chi connectivity index (χ0n) is 24.6. The van der Waals surface area contributed by atoms with Gasteiger partial charge < -0.3 is 15.1 Å². The summed E-state index contributed by atoms with van der Waals surface area (Å²) < 4.78 is 0. The predicted molar refractivity (Wildman–Crippen MR) is 159 cm³/mol. The maximum Gasteiger partial charge on any atom is 0.257 e. The van der Waals surface area contributed by atoms with Crippen LogP contribution in [0, 0.1) is 16.7 Å². The summed E-state index contributed by atoms with van der Waals surface area (Å²) in [6.45, 7) is 12.1. The van der Waals surface area contributed by atoms with Crippen molar-refractivity contribution < 1.29 is 19.8 Å². The molecule has 8 heteroatoms. The monoisotopic (exact) mass is 567 g/mol. The van der Waals surface area contributed by atoms with Gasteiger partial charge >= 0.3 is 0 Å². The number of fused-ring (bicyclic) bond motifs is 2. The zero-order valence-corrected chi connectivity index (χ0v) is 25.4. The molecular formula is C32H45N3O4S. The average molecular weight is 568 g/mol. The summed E-state index contributed by atoms with van der Waals surface area (Å²) in [6.07, 6.45) is 5.04. The third kappa shape index (κ3) is 5.23. The minimum absolute atomic E-state index is 0.00523. The number of nitrogens with one attached hydrogen (secondary N) is 1. The van der Waals surface area contributed by atoms with E-state index in [0.29, 0.717) is 30.0 Å². The van der Waals surface area contributed by atoms with Gasteiger partial charge in [0.1, 0.15) is 0 Å². The lowest BCUT2D eigenvalue weighted by Gasteiger charge is -2.58. The van der Waals surface area contributed by atoms with Crippen LogP contribution in [0.1, 0.15) is 106 Å². The second-order valence-electron chi connectivity index (χ2n) is 13.8. The smallest absolute Gasteiger partial charge is 0.257 e. The van der Waals surface area contributed by atoms with Crippen LogP contribution in [-0.2, 0) is 16.6 Å². The fourth-order valence-electron chi connectivity index (χ4n) is 7.44. The molecule has 1 aromatic heterocycles. The number of hydrogen-bond acceptors (Lipinski definition) is 6. The van der Waals surface area contributed by atoms with Crippen molar-refractivity contribution >= 4 is 28.3 Å². The number of carbonyl (C=O) groups excluding carboxylic acids is 2. The van der Waals surface area contributed by atoms with Crippen LogP contribution in [-0.4, -0.2) is 57.7 Å². The lowest BCUT2D eigenvalue weighted by atomic mass is 9.47. The Labute approximate surface area is 242 Å². The first-order valence-electron chi connectivity index (χ1n) is 14.8. The van der Waals surface area contributed by atoms with Gasteiger partial charge in [-0.1, -0.05) is 46.8 Å². The Hall–Kier alpha value is -2.29. The first kappa shape index (κ1) is 29.2. The molecular weight excluding hydrogens is 522 g/mol. The van der Waals surface area contributed by atoms with E-state index in [9.17, 15) is 19.8 Å². The van der Waals surface area contributed by atoms with Gasteiger partial charge in [0.05, 0.1) is 18.4 Å². The van der Waals surface area contributed by atoms with E-state index >= 15 is 0 Å². The minimum atomic E-state index is -0.667. The van der Waals surface area contributed by atoms with Crippen LogP contribution >= 0.6 is 11.3 Å². The topological polar surface area (TPSA) is 103 Å². The highest BCUT2D eigenvalue weighted by Crippen LogP contribution is 2.63. The largest absolute Gasteiger partial charge is 0.396 e. The summed E-state index contributed by atoms with van der Waals surface area (Å²) in [5.41, 5.74) is 1.69. The number of rotatable bonds is 5. The second-order valence-corrected chi connectivity index (χ2v) is 14.9. The lowest BCUT2D eigenvalue weighted by molar-refractivity contribution is -0.147. The molecule has 2 fully saturated rings. The quantitative estimate of drug-likeness (QED) is 0.442. The number of carbonyl (C=O) groups is 2. The molecule has 5 atom stereocenters. The van der Waals surface area contributed by atoms with Crippen molar-refractivity contribution in [3.63, 3.8) is 0 Å². The zero-order chi connectivity index (χ0) is 28.9. The fourth-order valence-corrected chi connectivity index (χ4v) is 8.50. The number of benzene rings is 1. The third-order valence-corrected chi connectivity index (χ3v) is 11.2. The van der Waals surface area contributed by atoms with E-state index in [0.717, 1.165) is 49.3 Å². The van der Waals surface area contributed by atoms with Crippen molar-refractivity contribution in [1.82, 2.24) is 9.88 Å². The SMILES string of the molecule is CC(C)(C)c1ccc(C(=O)Nc2nc3c(s2)C[C@@H]2[C@](C)(CO)[C@H](O)CC[C@@]2(C)[C@@H]3CC(=O)N2CCCCC2)cc1. The summed E-state index contributed by atoms with van der Waals surface area (Å²) in [5.74, 6) is -0.185. The van der Waals surface area contributed by atoms with Crippen LogP contribution in [0.5, 0.6) is 0 Å². The van der Waals surface area contributed by atoms with Crippen LogP contribution in [0.15, 0.2) is 24.3 Å². The van der Waals surface area contributed by atoms with E-state index in [-0.39, 0.29) is 41.1 Å². The molecule has 0 bridgehead atoms. The number of amides is 2. The van der Waals surface area contributed by atoms with E-state index in [1.807, 2.05) is 36.1 Å². The van der Waals surface area contributed by atoms with E-state index in [1.165, 1.54) is 16.9 Å². The maximum atomic E-state index is 13.6. The number of hydrogen-bond donors (Lipinski definition) is 3. The Morgan fingerprint density at radius 3 is 2.42 bits per heavy atom. The number of anilines is 1. The van der Waals surface area contributed by atoms with Gasteiger partial charge in [0, 0.05) is 41.3 Å². The minimum Gasteiger partial charge on any atom is -0.396 e. The Morgan fingerprint density at radius 1 is 1.12 bits per heavy atom. The number of aliphatic hydroxyl groups excluding tert-OH is 2. The molecule has 5 rings (SSSR count). The first-order chi connectivity index (χ1) is 18.9. The summed E-state index contributed by atoms with van der Waals surface area (Å²) >= 11 is 1.47. The van der Waals surface area contributed by atoms with Crippen LogP contribution in [0.3, 0.4) is 0 Å². The van der Waals surface area contributed by atoms with Gasteiger partial charge in [-0.05, 0) is 73.0 Å². The Balaban J connectivity index is 1.46. The van der Waals surface area contributed by atoms with Gasteiger partial charge in [0.15, 0.2) is 5.13 Å². The van der Waals surface area contributed by atoms with Crippen molar-refractivity contribution in [3.8, 4) is 0 Å². The second kappa shape index (κ2) is 10.8. The summed E-state index contributed by atoms with van der Waals surface area (Å²) in [6, 6.07) is 7.70.